The molecule has 0 radical (unpaired) electrons. The molecule has 1 amide bonds. The largest absolute Gasteiger partial charge is 0.490 e. The highest BCUT2D eigenvalue weighted by molar-refractivity contribution is 8.26. The molecule has 2 aromatic rings. The minimum atomic E-state index is -0.110. The van der Waals surface area contributed by atoms with Gasteiger partial charge in [0.15, 0.2) is 11.5 Å². The lowest BCUT2D eigenvalue weighted by Crippen LogP contribution is -2.27. The fourth-order valence-electron chi connectivity index (χ4n) is 3.27. The van der Waals surface area contributed by atoms with Gasteiger partial charge in [0.2, 0.25) is 0 Å². The molecule has 32 heavy (non-hydrogen) atoms. The minimum absolute atomic E-state index is 0.110. The Kier molecular flexibility index (Phi) is 8.36. The first kappa shape index (κ1) is 23.9. The first-order valence-corrected chi connectivity index (χ1v) is 11.6. The number of ether oxygens (including phenoxy) is 3. The number of carbonyl (C=O) groups excluding carboxylic acids is 1. The van der Waals surface area contributed by atoms with Gasteiger partial charge in [-0.1, -0.05) is 42.2 Å². The molecule has 1 heterocycles. The van der Waals surface area contributed by atoms with Crippen molar-refractivity contribution in [1.29, 1.82) is 0 Å². The highest BCUT2D eigenvalue weighted by atomic mass is 32.2. The molecule has 1 saturated heterocycles. The highest BCUT2D eigenvalue weighted by Gasteiger charge is 2.31. The second-order valence-corrected chi connectivity index (χ2v) is 8.92. The van der Waals surface area contributed by atoms with Crippen molar-refractivity contribution in [1.82, 2.24) is 4.90 Å². The van der Waals surface area contributed by atoms with Crippen molar-refractivity contribution in [3.8, 4) is 17.2 Å². The smallest absolute Gasteiger partial charge is 0.266 e. The number of thioether (sulfide) groups is 1. The molecule has 1 aliphatic rings. The SMILES string of the molecule is C=CCN1C(=O)/C(=C/c2ccc(OCCOc3cc(C)cc(C)c3)c(OCC)c2)SC1=S. The van der Waals surface area contributed by atoms with Crippen LogP contribution in [-0.2, 0) is 4.79 Å². The van der Waals surface area contributed by atoms with Gasteiger partial charge < -0.3 is 14.2 Å². The molecule has 3 rings (SSSR count). The summed E-state index contributed by atoms with van der Waals surface area (Å²) in [5.41, 5.74) is 3.17. The van der Waals surface area contributed by atoms with Crippen LogP contribution in [0.5, 0.6) is 17.2 Å². The molecule has 0 aliphatic carbocycles. The molecule has 1 fully saturated rings. The minimum Gasteiger partial charge on any atom is -0.490 e. The molecule has 0 N–H and O–H groups in total. The summed E-state index contributed by atoms with van der Waals surface area (Å²) in [6.45, 7) is 11.4. The fraction of sp³-hybridized carbons (Fsp3) is 0.280. The molecule has 0 unspecified atom stereocenters. The first-order chi connectivity index (χ1) is 15.4. The van der Waals surface area contributed by atoms with Gasteiger partial charge in [-0.2, -0.15) is 0 Å². The van der Waals surface area contributed by atoms with E-state index in [1.165, 1.54) is 16.7 Å². The molecule has 0 bridgehead atoms. The Morgan fingerprint density at radius 3 is 2.44 bits per heavy atom. The van der Waals surface area contributed by atoms with Gasteiger partial charge in [0.1, 0.15) is 23.3 Å². The number of hydrogen-bond acceptors (Lipinski definition) is 6. The Hall–Kier alpha value is -2.77. The van der Waals surface area contributed by atoms with Crippen LogP contribution in [0.3, 0.4) is 0 Å². The lowest BCUT2D eigenvalue weighted by molar-refractivity contribution is -0.121. The highest BCUT2D eigenvalue weighted by Crippen LogP contribution is 2.34. The number of rotatable bonds is 10. The molecular weight excluding hydrogens is 442 g/mol. The van der Waals surface area contributed by atoms with Crippen molar-refractivity contribution in [2.45, 2.75) is 20.8 Å². The van der Waals surface area contributed by atoms with Gasteiger partial charge in [-0.15, -0.1) is 6.58 Å². The van der Waals surface area contributed by atoms with Crippen LogP contribution in [0.15, 0.2) is 54.0 Å². The van der Waals surface area contributed by atoms with Crippen molar-refractivity contribution in [2.24, 2.45) is 0 Å². The van der Waals surface area contributed by atoms with E-state index in [1.54, 1.807) is 6.08 Å². The normalized spacial score (nSPS) is 14.7. The number of aryl methyl sites for hydroxylation is 2. The van der Waals surface area contributed by atoms with E-state index in [9.17, 15) is 4.79 Å². The van der Waals surface area contributed by atoms with E-state index in [0.29, 0.717) is 47.1 Å². The molecule has 1 aliphatic heterocycles. The van der Waals surface area contributed by atoms with Gasteiger partial charge >= 0.3 is 0 Å². The third-order valence-electron chi connectivity index (χ3n) is 4.56. The van der Waals surface area contributed by atoms with Crippen LogP contribution >= 0.6 is 24.0 Å². The fourth-order valence-corrected chi connectivity index (χ4v) is 4.54. The Balaban J connectivity index is 1.66. The van der Waals surface area contributed by atoms with Gasteiger partial charge in [0.25, 0.3) is 5.91 Å². The van der Waals surface area contributed by atoms with Crippen LogP contribution in [0, 0.1) is 13.8 Å². The molecule has 0 saturated carbocycles. The van der Waals surface area contributed by atoms with Crippen molar-refractivity contribution >= 4 is 40.3 Å². The Bertz CT molecular complexity index is 1030. The molecule has 168 valence electrons. The second kappa shape index (κ2) is 11.2. The van der Waals surface area contributed by atoms with Crippen molar-refractivity contribution in [3.05, 3.63) is 70.6 Å². The number of benzene rings is 2. The van der Waals surface area contributed by atoms with Crippen molar-refractivity contribution in [2.75, 3.05) is 26.4 Å². The number of carbonyl (C=O) groups is 1. The van der Waals surface area contributed by atoms with E-state index in [-0.39, 0.29) is 5.91 Å². The van der Waals surface area contributed by atoms with Gasteiger partial charge in [0, 0.05) is 6.54 Å². The van der Waals surface area contributed by atoms with E-state index < -0.39 is 0 Å². The van der Waals surface area contributed by atoms with Crippen LogP contribution in [0.4, 0.5) is 0 Å². The molecule has 5 nitrogen and oxygen atoms in total. The number of amides is 1. The third-order valence-corrected chi connectivity index (χ3v) is 5.93. The maximum Gasteiger partial charge on any atom is 0.266 e. The predicted molar refractivity (Wildman–Crippen MR) is 135 cm³/mol. The van der Waals surface area contributed by atoms with Crippen molar-refractivity contribution in [3.63, 3.8) is 0 Å². The Labute approximate surface area is 199 Å². The van der Waals surface area contributed by atoms with Crippen LogP contribution in [0.2, 0.25) is 0 Å². The molecule has 0 spiro atoms. The Morgan fingerprint density at radius 1 is 1.03 bits per heavy atom. The zero-order chi connectivity index (χ0) is 23.1. The summed E-state index contributed by atoms with van der Waals surface area (Å²) in [4.78, 5) is 14.7. The third kappa shape index (κ3) is 6.14. The van der Waals surface area contributed by atoms with Gasteiger partial charge in [-0.25, -0.2) is 0 Å². The zero-order valence-corrected chi connectivity index (χ0v) is 20.2. The lowest BCUT2D eigenvalue weighted by Gasteiger charge is -2.14. The Morgan fingerprint density at radius 2 is 1.75 bits per heavy atom. The first-order valence-electron chi connectivity index (χ1n) is 10.4. The topological polar surface area (TPSA) is 48.0 Å². The van der Waals surface area contributed by atoms with Gasteiger partial charge in [-0.3, -0.25) is 9.69 Å². The summed E-state index contributed by atoms with van der Waals surface area (Å²) in [6, 6.07) is 11.7. The van der Waals surface area contributed by atoms with Gasteiger partial charge in [-0.05, 0) is 67.8 Å². The summed E-state index contributed by atoms with van der Waals surface area (Å²) < 4.78 is 18.0. The van der Waals surface area contributed by atoms with E-state index in [2.05, 4.69) is 12.6 Å². The van der Waals surface area contributed by atoms with E-state index in [0.717, 1.165) is 22.4 Å². The van der Waals surface area contributed by atoms with E-state index in [1.807, 2.05) is 57.2 Å². The second-order valence-electron chi connectivity index (χ2n) is 7.24. The number of nitrogens with zero attached hydrogens (tertiary/aromatic N) is 1. The average Bonchev–Trinajstić information content (AvgIpc) is 3.00. The summed E-state index contributed by atoms with van der Waals surface area (Å²) in [5, 5.41) is 0. The van der Waals surface area contributed by atoms with E-state index in [4.69, 9.17) is 26.4 Å². The van der Waals surface area contributed by atoms with Crippen LogP contribution < -0.4 is 14.2 Å². The molecular formula is C25H27NO4S2. The molecule has 7 heteroatoms. The molecule has 2 aromatic carbocycles. The monoisotopic (exact) mass is 469 g/mol. The van der Waals surface area contributed by atoms with Crippen LogP contribution in [0.1, 0.15) is 23.6 Å². The summed E-state index contributed by atoms with van der Waals surface area (Å²) in [7, 11) is 0. The lowest BCUT2D eigenvalue weighted by atomic mass is 10.1. The maximum atomic E-state index is 12.6. The zero-order valence-electron chi connectivity index (χ0n) is 18.6. The summed E-state index contributed by atoms with van der Waals surface area (Å²) in [5.74, 6) is 1.98. The standard InChI is InChI=1S/C25H27NO4S2/c1-5-9-26-24(27)23(32-25(26)31)16-19-7-8-21(22(15-19)28-6-2)30-11-10-29-20-13-17(3)12-18(4)14-20/h5,7-8,12-16H,1,6,9-11H2,2-4H3/b23-16-. The van der Waals surface area contributed by atoms with Crippen molar-refractivity contribution < 1.29 is 19.0 Å². The van der Waals surface area contributed by atoms with Crippen LogP contribution in [-0.4, -0.2) is 41.5 Å². The number of hydrogen-bond donors (Lipinski definition) is 0. The maximum absolute atomic E-state index is 12.6. The van der Waals surface area contributed by atoms with Crippen LogP contribution in [0.25, 0.3) is 6.08 Å². The quantitative estimate of drug-likeness (QED) is 0.197. The summed E-state index contributed by atoms with van der Waals surface area (Å²) in [6.07, 6.45) is 3.48. The van der Waals surface area contributed by atoms with Gasteiger partial charge in [0.05, 0.1) is 11.5 Å². The molecule has 0 aromatic heterocycles. The molecule has 0 atom stereocenters. The predicted octanol–water partition coefficient (Wildman–Crippen LogP) is 5.55. The number of thiocarbonyl (C=S) groups is 1. The summed E-state index contributed by atoms with van der Waals surface area (Å²) >= 11 is 6.59. The van der Waals surface area contributed by atoms with E-state index >= 15 is 0 Å². The average molecular weight is 470 g/mol.